The van der Waals surface area contributed by atoms with E-state index in [0.717, 1.165) is 22.0 Å². The molecule has 5 rings (SSSR count). The summed E-state index contributed by atoms with van der Waals surface area (Å²) in [5, 5.41) is 17.5. The number of methoxy groups -OCH3 is 1. The number of nitrogens with zero attached hydrogens (tertiary/aromatic N) is 5. The highest BCUT2D eigenvalue weighted by Crippen LogP contribution is 2.39. The fourth-order valence-corrected chi connectivity index (χ4v) is 4.09. The Labute approximate surface area is 172 Å². The van der Waals surface area contributed by atoms with Crippen molar-refractivity contribution in [2.45, 2.75) is 18.6 Å². The first-order valence-corrected chi connectivity index (χ1v) is 9.72. The molecule has 4 heterocycles. The third-order valence-electron chi connectivity index (χ3n) is 5.68. The molecule has 0 radical (unpaired) electrons. The quantitative estimate of drug-likeness (QED) is 0.663. The Bertz CT molecular complexity index is 1180. The first-order valence-electron chi connectivity index (χ1n) is 9.72. The minimum absolute atomic E-state index is 0.234. The summed E-state index contributed by atoms with van der Waals surface area (Å²) in [5.41, 5.74) is 2.30. The van der Waals surface area contributed by atoms with Crippen LogP contribution in [0.25, 0.3) is 22.0 Å². The average Bonchev–Trinajstić information content (AvgIpc) is 3.37. The van der Waals surface area contributed by atoms with E-state index in [0.29, 0.717) is 37.7 Å². The van der Waals surface area contributed by atoms with Crippen LogP contribution in [0.1, 0.15) is 6.42 Å². The number of carbonyl (C=O) groups excluding carboxylic acids is 1. The maximum absolute atomic E-state index is 12.8. The monoisotopic (exact) mass is 404 g/mol. The normalized spacial score (nSPS) is 20.1. The van der Waals surface area contributed by atoms with Crippen LogP contribution in [0.4, 0.5) is 5.69 Å². The molecule has 1 N–H and O–H groups in total. The maximum Gasteiger partial charge on any atom is 0.270 e. The predicted molar refractivity (Wildman–Crippen MR) is 109 cm³/mol. The lowest BCUT2D eigenvalue weighted by Crippen LogP contribution is -2.52. The molecule has 0 saturated carbocycles. The van der Waals surface area contributed by atoms with Gasteiger partial charge < -0.3 is 19.7 Å². The van der Waals surface area contributed by atoms with Gasteiger partial charge in [-0.25, -0.2) is 4.98 Å². The Balaban J connectivity index is 1.49. The van der Waals surface area contributed by atoms with Crippen molar-refractivity contribution in [3.05, 3.63) is 36.7 Å². The van der Waals surface area contributed by atoms with Crippen molar-refractivity contribution in [1.82, 2.24) is 19.7 Å². The zero-order chi connectivity index (χ0) is 20.7. The Hall–Kier alpha value is -3.64. The van der Waals surface area contributed by atoms with Crippen molar-refractivity contribution in [1.29, 1.82) is 5.26 Å². The number of pyridine rings is 1. The highest BCUT2D eigenvalue weighted by atomic mass is 16.5. The summed E-state index contributed by atoms with van der Waals surface area (Å²) in [5.74, 6) is 0.137. The topological polar surface area (TPSA) is 105 Å². The van der Waals surface area contributed by atoms with Crippen molar-refractivity contribution in [2.75, 3.05) is 32.1 Å². The van der Waals surface area contributed by atoms with Gasteiger partial charge in [0.2, 0.25) is 11.5 Å². The minimum atomic E-state index is -1.06. The van der Waals surface area contributed by atoms with E-state index < -0.39 is 5.60 Å². The van der Waals surface area contributed by atoms with Gasteiger partial charge in [0, 0.05) is 37.2 Å². The van der Waals surface area contributed by atoms with Crippen LogP contribution in [0.3, 0.4) is 0 Å². The van der Waals surface area contributed by atoms with Crippen LogP contribution in [-0.2, 0) is 16.1 Å². The van der Waals surface area contributed by atoms with Gasteiger partial charge in [-0.15, -0.1) is 0 Å². The van der Waals surface area contributed by atoms with Gasteiger partial charge in [0.1, 0.15) is 5.69 Å². The molecule has 152 valence electrons. The molecule has 9 nitrogen and oxygen atoms in total. The number of fused-ring (bicyclic) bond motifs is 2. The van der Waals surface area contributed by atoms with Gasteiger partial charge in [0.05, 0.1) is 31.4 Å². The molecule has 2 aliphatic heterocycles. The summed E-state index contributed by atoms with van der Waals surface area (Å²) in [6.45, 7) is 1.97. The van der Waals surface area contributed by atoms with Crippen LogP contribution >= 0.6 is 0 Å². The van der Waals surface area contributed by atoms with E-state index in [4.69, 9.17) is 14.7 Å². The van der Waals surface area contributed by atoms with E-state index in [2.05, 4.69) is 21.6 Å². The zero-order valence-electron chi connectivity index (χ0n) is 16.5. The number of benzene rings is 1. The SMILES string of the molecule is COCCn1ncc2c(-c3cnc4c(c3)NC(=O)[C@@]3(CCN(C#N)C3)O4)cccc21. The van der Waals surface area contributed by atoms with Gasteiger partial charge in [-0.3, -0.25) is 9.48 Å². The molecule has 2 aromatic heterocycles. The first-order chi connectivity index (χ1) is 14.6. The molecule has 2 aliphatic rings. The van der Waals surface area contributed by atoms with Gasteiger partial charge in [-0.1, -0.05) is 12.1 Å². The van der Waals surface area contributed by atoms with Gasteiger partial charge in [0.15, 0.2) is 6.19 Å². The number of carbonyl (C=O) groups is 1. The number of rotatable bonds is 4. The van der Waals surface area contributed by atoms with Crippen molar-refractivity contribution in [3.8, 4) is 23.2 Å². The summed E-state index contributed by atoms with van der Waals surface area (Å²) >= 11 is 0. The molecule has 1 spiro atoms. The predicted octanol–water partition coefficient (Wildman–Crippen LogP) is 2.00. The van der Waals surface area contributed by atoms with Gasteiger partial charge in [-0.2, -0.15) is 10.4 Å². The largest absolute Gasteiger partial charge is 0.457 e. The second kappa shape index (κ2) is 7.00. The minimum Gasteiger partial charge on any atom is -0.457 e. The lowest BCUT2D eigenvalue weighted by molar-refractivity contribution is -0.131. The molecule has 0 unspecified atom stereocenters. The highest BCUT2D eigenvalue weighted by Gasteiger charge is 2.50. The third-order valence-corrected chi connectivity index (χ3v) is 5.68. The molecule has 1 fully saturated rings. The van der Waals surface area contributed by atoms with E-state index in [9.17, 15) is 4.79 Å². The van der Waals surface area contributed by atoms with Gasteiger partial charge in [-0.05, 0) is 17.7 Å². The van der Waals surface area contributed by atoms with E-state index in [1.165, 1.54) is 4.90 Å². The van der Waals surface area contributed by atoms with Crippen molar-refractivity contribution >= 4 is 22.5 Å². The highest BCUT2D eigenvalue weighted by molar-refractivity contribution is 6.02. The van der Waals surface area contributed by atoms with Crippen LogP contribution in [0.15, 0.2) is 36.7 Å². The number of aromatic nitrogens is 3. The summed E-state index contributed by atoms with van der Waals surface area (Å²) < 4.78 is 13.1. The zero-order valence-corrected chi connectivity index (χ0v) is 16.5. The Morgan fingerprint density at radius 1 is 1.40 bits per heavy atom. The molecule has 1 aromatic carbocycles. The molecule has 3 aromatic rings. The smallest absolute Gasteiger partial charge is 0.270 e. The molecular weight excluding hydrogens is 384 g/mol. The second-order valence-electron chi connectivity index (χ2n) is 7.50. The van der Waals surface area contributed by atoms with Crippen LogP contribution in [0, 0.1) is 11.5 Å². The van der Waals surface area contributed by atoms with E-state index in [1.807, 2.05) is 35.1 Å². The summed E-state index contributed by atoms with van der Waals surface area (Å²) in [6, 6.07) is 7.86. The van der Waals surface area contributed by atoms with Crippen molar-refractivity contribution in [3.63, 3.8) is 0 Å². The fraction of sp³-hybridized carbons (Fsp3) is 0.333. The summed E-state index contributed by atoms with van der Waals surface area (Å²) in [4.78, 5) is 18.8. The first kappa shape index (κ1) is 18.4. The molecule has 1 atom stereocenters. The molecule has 9 heteroatoms. The molecule has 0 aliphatic carbocycles. The maximum atomic E-state index is 12.8. The van der Waals surface area contributed by atoms with Gasteiger partial charge in [0.25, 0.3) is 5.91 Å². The molecule has 30 heavy (non-hydrogen) atoms. The summed E-state index contributed by atoms with van der Waals surface area (Å²) in [7, 11) is 1.67. The molecule has 1 saturated heterocycles. The van der Waals surface area contributed by atoms with E-state index >= 15 is 0 Å². The lowest BCUT2D eigenvalue weighted by atomic mass is 9.99. The van der Waals surface area contributed by atoms with Crippen LogP contribution < -0.4 is 10.1 Å². The van der Waals surface area contributed by atoms with Crippen molar-refractivity contribution in [2.24, 2.45) is 0 Å². The van der Waals surface area contributed by atoms with Crippen LogP contribution in [0.5, 0.6) is 5.88 Å². The Kier molecular flexibility index (Phi) is 4.29. The number of nitriles is 1. The number of anilines is 1. The number of amides is 1. The fourth-order valence-electron chi connectivity index (χ4n) is 4.09. The third kappa shape index (κ3) is 2.84. The van der Waals surface area contributed by atoms with Crippen molar-refractivity contribution < 1.29 is 14.3 Å². The number of likely N-dealkylation sites (tertiary alicyclic amines) is 1. The molecule has 0 bridgehead atoms. The van der Waals surface area contributed by atoms with Crippen LogP contribution in [0.2, 0.25) is 0 Å². The van der Waals surface area contributed by atoms with E-state index in [-0.39, 0.29) is 12.5 Å². The van der Waals surface area contributed by atoms with E-state index in [1.54, 1.807) is 13.3 Å². The standard InChI is InChI=1S/C21H20N6O3/c1-29-8-7-27-18-4-2-3-15(16(18)11-24-27)14-9-17-19(23-10-14)30-21(20(28)25-17)5-6-26(12-21)13-22/h2-4,9-11H,5-8,12H2,1H3,(H,25,28)/t21-/m0/s1. The number of hydrogen-bond donors (Lipinski definition) is 1. The van der Waals surface area contributed by atoms with Gasteiger partial charge >= 0.3 is 0 Å². The van der Waals surface area contributed by atoms with Crippen LogP contribution in [-0.4, -0.2) is 58.0 Å². The lowest BCUT2D eigenvalue weighted by Gasteiger charge is -2.33. The molecular formula is C21H20N6O3. The second-order valence-corrected chi connectivity index (χ2v) is 7.50. The Morgan fingerprint density at radius 3 is 3.10 bits per heavy atom. The average molecular weight is 404 g/mol. The molecule has 1 amide bonds. The number of ether oxygens (including phenoxy) is 2. The Morgan fingerprint density at radius 2 is 2.30 bits per heavy atom. The number of hydrogen-bond acceptors (Lipinski definition) is 7. The number of nitrogens with one attached hydrogen (secondary N) is 1. The summed E-state index contributed by atoms with van der Waals surface area (Å²) in [6.07, 6.45) is 6.10.